The first-order chi connectivity index (χ1) is 4.00. The molecule has 10 heavy (non-hydrogen) atoms. The minimum atomic E-state index is 0. The summed E-state index contributed by atoms with van der Waals surface area (Å²) in [5.74, 6) is 0. The van der Waals surface area contributed by atoms with E-state index in [1.807, 2.05) is 50.2 Å². The fourth-order valence-electron chi connectivity index (χ4n) is 0.385. The first kappa shape index (κ1) is 16.7. The van der Waals surface area contributed by atoms with E-state index in [1.54, 1.807) is 0 Å². The van der Waals surface area contributed by atoms with Crippen LogP contribution >= 0.6 is 0 Å². The normalized spacial score (nSPS) is 5.40. The Morgan fingerprint density at radius 1 is 0.700 bits per heavy atom. The zero-order valence-electron chi connectivity index (χ0n) is 7.04. The third-order valence-corrected chi connectivity index (χ3v) is 0.667. The molecule has 0 spiro atoms. The Kier molecular flexibility index (Phi) is 27.0. The largest absolute Gasteiger partial charge is 0.358 e. The maximum absolute atomic E-state index is 2.00. The van der Waals surface area contributed by atoms with Crippen molar-refractivity contribution in [1.29, 1.82) is 0 Å². The molecular formula is C9H17Y-. The zero-order chi connectivity index (χ0) is 6.24. The number of hydrogen-bond donors (Lipinski definition) is 0. The molecule has 0 atom stereocenters. The van der Waals surface area contributed by atoms with E-state index in [1.165, 1.54) is 0 Å². The number of hydrogen-bond acceptors (Lipinski definition) is 0. The maximum atomic E-state index is 2.00. The molecule has 1 rings (SSSR count). The van der Waals surface area contributed by atoms with Gasteiger partial charge in [-0.25, -0.2) is 0 Å². The van der Waals surface area contributed by atoms with Crippen LogP contribution < -0.4 is 0 Å². The summed E-state index contributed by atoms with van der Waals surface area (Å²) in [6, 6.07) is 12.0. The van der Waals surface area contributed by atoms with Crippen LogP contribution in [0.4, 0.5) is 0 Å². The maximum Gasteiger partial charge on any atom is 0 e. The monoisotopic (exact) mass is 215 g/mol. The predicted octanol–water partition coefficient (Wildman–Crippen LogP) is 3.41. The summed E-state index contributed by atoms with van der Waals surface area (Å²) in [5, 5.41) is 0. The van der Waals surface area contributed by atoms with Crippen molar-refractivity contribution in [3.05, 3.63) is 43.8 Å². The van der Waals surface area contributed by atoms with Crippen molar-refractivity contribution in [1.82, 2.24) is 0 Å². The average Bonchev–Trinajstić information content (AvgIpc) is 1.96. The van der Waals surface area contributed by atoms with Gasteiger partial charge >= 0.3 is 0 Å². The van der Waals surface area contributed by atoms with Crippen molar-refractivity contribution in [3.8, 4) is 0 Å². The van der Waals surface area contributed by atoms with Gasteiger partial charge in [0.25, 0.3) is 0 Å². The van der Waals surface area contributed by atoms with E-state index >= 15 is 0 Å². The fourth-order valence-corrected chi connectivity index (χ4v) is 0.385. The Labute approximate surface area is 91.4 Å². The van der Waals surface area contributed by atoms with Gasteiger partial charge in [0.2, 0.25) is 0 Å². The van der Waals surface area contributed by atoms with Crippen LogP contribution in [0.1, 0.15) is 15.3 Å². The predicted molar refractivity (Wildman–Crippen MR) is 46.3 cm³/mol. The molecule has 1 heteroatoms. The van der Waals surface area contributed by atoms with E-state index in [-0.39, 0.29) is 41.6 Å². The molecule has 0 saturated carbocycles. The molecule has 0 nitrogen and oxygen atoms in total. The molecule has 0 N–H and O–H groups in total. The van der Waals surface area contributed by atoms with E-state index in [0.717, 1.165) is 0 Å². The van der Waals surface area contributed by atoms with Gasteiger partial charge in [0.15, 0.2) is 0 Å². The second-order valence-corrected chi connectivity index (χ2v) is 1.15. The summed E-state index contributed by atoms with van der Waals surface area (Å²) >= 11 is 0. The van der Waals surface area contributed by atoms with E-state index in [4.69, 9.17) is 0 Å². The molecule has 1 aromatic rings. The number of rotatable bonds is 0. The van der Waals surface area contributed by atoms with Crippen molar-refractivity contribution < 1.29 is 34.1 Å². The van der Waals surface area contributed by atoms with Gasteiger partial charge in [-0.1, -0.05) is 50.2 Å². The molecule has 0 saturated heterocycles. The fraction of sp³-hybridized carbons (Fsp3) is 0.222. The van der Waals surface area contributed by atoms with Crippen LogP contribution in [0.3, 0.4) is 0 Å². The molecule has 0 heterocycles. The molecule has 0 aliphatic heterocycles. The van der Waals surface area contributed by atoms with Gasteiger partial charge in [0, 0.05) is 34.1 Å². The molecule has 0 aliphatic carbocycles. The quantitative estimate of drug-likeness (QED) is 0.582. The van der Waals surface area contributed by atoms with Crippen molar-refractivity contribution in [3.63, 3.8) is 0 Å². The van der Waals surface area contributed by atoms with Crippen molar-refractivity contribution in [2.24, 2.45) is 0 Å². The number of benzene rings is 1. The minimum Gasteiger partial charge on any atom is -0.358 e. The van der Waals surface area contributed by atoms with E-state index in [0.29, 0.717) is 0 Å². The molecule has 0 bridgehead atoms. The molecule has 0 fully saturated rings. The third-order valence-electron chi connectivity index (χ3n) is 0.667. The SMILES string of the molecule is CC.[2HH].[CH3-].[Y].c1ccccc1. The summed E-state index contributed by atoms with van der Waals surface area (Å²) in [4.78, 5) is 0. The van der Waals surface area contributed by atoms with Crippen LogP contribution in [0.15, 0.2) is 36.4 Å². The second kappa shape index (κ2) is 16.2. The molecule has 1 radical (unpaired) electrons. The Balaban J connectivity index is -0.0000000459. The summed E-state index contributed by atoms with van der Waals surface area (Å²) in [7, 11) is 0. The Morgan fingerprint density at radius 2 is 0.800 bits per heavy atom. The Hall–Kier alpha value is 0.324. The van der Waals surface area contributed by atoms with Crippen molar-refractivity contribution >= 4 is 0 Å². The first-order valence-corrected chi connectivity index (χ1v) is 3.00. The van der Waals surface area contributed by atoms with Crippen LogP contribution in [0.25, 0.3) is 0 Å². The van der Waals surface area contributed by atoms with Crippen molar-refractivity contribution in [2.45, 2.75) is 13.8 Å². The third kappa shape index (κ3) is 11.2. The summed E-state index contributed by atoms with van der Waals surface area (Å²) in [6.07, 6.45) is 0. The van der Waals surface area contributed by atoms with Crippen LogP contribution in [-0.4, -0.2) is 0 Å². The van der Waals surface area contributed by atoms with E-state index in [9.17, 15) is 0 Å². The standard InChI is InChI=1S/C6H6.C2H6.CH3.Y.H2/c1-2-4-6-5-3-1;1-2;;;/h1-6H;1-2H3;1H3;;1H/q;;-1;;/i;;;;1+1. The van der Waals surface area contributed by atoms with Crippen LogP contribution in [0.2, 0.25) is 0 Å². The van der Waals surface area contributed by atoms with Crippen molar-refractivity contribution in [2.75, 3.05) is 0 Å². The van der Waals surface area contributed by atoms with Gasteiger partial charge in [-0.15, -0.1) is 0 Å². The molecule has 0 amide bonds. The summed E-state index contributed by atoms with van der Waals surface area (Å²) in [5.41, 5.74) is 0. The van der Waals surface area contributed by atoms with Gasteiger partial charge < -0.3 is 7.43 Å². The van der Waals surface area contributed by atoms with Crippen LogP contribution in [0.5, 0.6) is 0 Å². The zero-order valence-corrected chi connectivity index (χ0v) is 9.88. The van der Waals surface area contributed by atoms with Crippen LogP contribution in [-0.2, 0) is 32.7 Å². The second-order valence-electron chi connectivity index (χ2n) is 1.15. The van der Waals surface area contributed by atoms with Crippen LogP contribution in [0, 0.1) is 7.43 Å². The van der Waals surface area contributed by atoms with Gasteiger partial charge in [0.1, 0.15) is 0 Å². The van der Waals surface area contributed by atoms with Gasteiger partial charge in [0.05, 0.1) is 0 Å². The van der Waals surface area contributed by atoms with E-state index in [2.05, 4.69) is 0 Å². The van der Waals surface area contributed by atoms with E-state index < -0.39 is 0 Å². The molecular weight excluding hydrogens is 197 g/mol. The summed E-state index contributed by atoms with van der Waals surface area (Å²) in [6.45, 7) is 4.00. The van der Waals surface area contributed by atoms with Gasteiger partial charge in [-0.2, -0.15) is 0 Å². The minimum absolute atomic E-state index is 0. The molecule has 0 aromatic heterocycles. The summed E-state index contributed by atoms with van der Waals surface area (Å²) < 4.78 is 0. The molecule has 0 unspecified atom stereocenters. The van der Waals surface area contributed by atoms with Gasteiger partial charge in [-0.3, -0.25) is 0 Å². The molecule has 57 valence electrons. The Morgan fingerprint density at radius 3 is 0.900 bits per heavy atom. The topological polar surface area (TPSA) is 0 Å². The smallest absolute Gasteiger partial charge is 0 e. The average molecular weight is 215 g/mol. The van der Waals surface area contributed by atoms with Gasteiger partial charge in [-0.05, 0) is 0 Å². The molecule has 1 aromatic carbocycles. The first-order valence-electron chi connectivity index (χ1n) is 3.00. The Bertz CT molecular complexity index is 81.5. The molecule has 0 aliphatic rings.